The number of ether oxygens (including phenoxy) is 1. The topological polar surface area (TPSA) is 131 Å². The second-order valence-electron chi connectivity index (χ2n) is 8.47. The first-order valence-electron chi connectivity index (χ1n) is 10.6. The van der Waals surface area contributed by atoms with Gasteiger partial charge < -0.3 is 20.5 Å². The largest absolute Gasteiger partial charge is 0.490 e. The summed E-state index contributed by atoms with van der Waals surface area (Å²) in [5.41, 5.74) is 8.47. The van der Waals surface area contributed by atoms with E-state index >= 15 is 0 Å². The van der Waals surface area contributed by atoms with Gasteiger partial charge in [-0.05, 0) is 44.5 Å². The Balaban J connectivity index is 0.000000191. The first-order valence-corrected chi connectivity index (χ1v) is 10.6. The smallest absolute Gasteiger partial charge is 0.444 e. The van der Waals surface area contributed by atoms with Crippen molar-refractivity contribution in [1.82, 2.24) is 9.97 Å². The molecule has 0 aliphatic heterocycles. The third-order valence-corrected chi connectivity index (χ3v) is 4.70. The van der Waals surface area contributed by atoms with Crippen LogP contribution in [-0.2, 0) is 4.74 Å². The third kappa shape index (κ3) is 6.09. The number of fused-ring (bicyclic) bond motifs is 3. The minimum absolute atomic E-state index is 0.221. The molecule has 0 saturated heterocycles. The predicted molar refractivity (Wildman–Crippen MR) is 138 cm³/mol. The molecule has 0 bridgehead atoms. The lowest BCUT2D eigenvalue weighted by atomic mass is 9.79. The van der Waals surface area contributed by atoms with Crippen molar-refractivity contribution >= 4 is 58.1 Å². The highest BCUT2D eigenvalue weighted by atomic mass is 16.6. The Morgan fingerprint density at radius 2 is 1.79 bits per heavy atom. The Bertz CT molecular complexity index is 1340. The zero-order valence-corrected chi connectivity index (χ0v) is 19.3. The number of nitrogen functional groups attached to an aromatic ring is 1. The van der Waals surface area contributed by atoms with E-state index in [-0.39, 0.29) is 5.46 Å². The van der Waals surface area contributed by atoms with Crippen LogP contribution in [0, 0.1) is 0 Å². The number of para-hydroxylation sites is 2. The number of hydrogen-bond donors (Lipinski definition) is 4. The van der Waals surface area contributed by atoms with E-state index in [1.54, 1.807) is 51.2 Å². The van der Waals surface area contributed by atoms with Crippen molar-refractivity contribution in [3.63, 3.8) is 0 Å². The van der Waals surface area contributed by atoms with Gasteiger partial charge in [-0.25, -0.2) is 9.78 Å². The molecule has 0 aliphatic rings. The van der Waals surface area contributed by atoms with Gasteiger partial charge in [-0.3, -0.25) is 10.3 Å². The Kier molecular flexibility index (Phi) is 7.50. The fourth-order valence-electron chi connectivity index (χ4n) is 3.23. The van der Waals surface area contributed by atoms with Crippen molar-refractivity contribution in [2.24, 2.45) is 0 Å². The van der Waals surface area contributed by atoms with Gasteiger partial charge in [-0.15, -0.1) is 0 Å². The molecule has 0 saturated carbocycles. The second kappa shape index (κ2) is 10.3. The summed E-state index contributed by atoms with van der Waals surface area (Å²) < 4.78 is 5.06. The number of nitrogens with two attached hydrogens (primary N) is 1. The van der Waals surface area contributed by atoms with Crippen LogP contribution in [-0.4, -0.2) is 38.8 Å². The van der Waals surface area contributed by atoms with Gasteiger partial charge >= 0.3 is 13.2 Å². The van der Waals surface area contributed by atoms with Crippen molar-refractivity contribution < 1.29 is 19.6 Å². The van der Waals surface area contributed by atoms with Crippen LogP contribution in [0.2, 0.25) is 0 Å². The molecule has 0 radical (unpaired) electrons. The number of nitrogens with one attached hydrogen (secondary N) is 1. The standard InChI is InChI=1S/C14H11N3.C11H16BNO4/c1-2-9-7-11-10-5-3-4-6-12(10)17-14(15)13(11)16-8-9;1-11(2,3)17-10(14)13-9-7-5-4-6-8(9)12(15)16/h2-8H,1H2,(H2,15,17);4-7,15-16H,1-3H3,(H,13,14). The minimum atomic E-state index is -1.64. The molecule has 2 aromatic carbocycles. The maximum absolute atomic E-state index is 11.5. The highest BCUT2D eigenvalue weighted by molar-refractivity contribution is 6.60. The molecule has 34 heavy (non-hydrogen) atoms. The van der Waals surface area contributed by atoms with Crippen molar-refractivity contribution in [2.75, 3.05) is 11.1 Å². The molecule has 0 aliphatic carbocycles. The van der Waals surface area contributed by atoms with Crippen LogP contribution in [0.3, 0.4) is 0 Å². The number of pyridine rings is 2. The number of carbonyl (C=O) groups is 1. The number of rotatable bonds is 3. The zero-order valence-electron chi connectivity index (χ0n) is 19.3. The Morgan fingerprint density at radius 3 is 2.47 bits per heavy atom. The lowest BCUT2D eigenvalue weighted by Gasteiger charge is -2.20. The van der Waals surface area contributed by atoms with Gasteiger partial charge in [-0.1, -0.05) is 49.1 Å². The molecular formula is C25H27BN4O4. The van der Waals surface area contributed by atoms with Crippen LogP contribution in [0.15, 0.2) is 67.4 Å². The summed E-state index contributed by atoms with van der Waals surface area (Å²) in [4.78, 5) is 20.2. The van der Waals surface area contributed by atoms with Crippen molar-refractivity contribution in [2.45, 2.75) is 26.4 Å². The monoisotopic (exact) mass is 458 g/mol. The van der Waals surface area contributed by atoms with Gasteiger partial charge in [0.05, 0.1) is 5.52 Å². The van der Waals surface area contributed by atoms with E-state index in [2.05, 4.69) is 21.9 Å². The second-order valence-corrected chi connectivity index (χ2v) is 8.47. The van der Waals surface area contributed by atoms with Gasteiger partial charge in [0.1, 0.15) is 11.1 Å². The molecule has 5 N–H and O–H groups in total. The molecular weight excluding hydrogens is 431 g/mol. The molecule has 2 heterocycles. The average Bonchev–Trinajstić information content (AvgIpc) is 2.78. The molecule has 0 spiro atoms. The molecule has 4 rings (SSSR count). The summed E-state index contributed by atoms with van der Waals surface area (Å²) in [5, 5.41) is 22.8. The van der Waals surface area contributed by atoms with Gasteiger partial charge in [0.2, 0.25) is 0 Å². The molecule has 1 amide bonds. The van der Waals surface area contributed by atoms with Crippen LogP contribution in [0.4, 0.5) is 16.3 Å². The summed E-state index contributed by atoms with van der Waals surface area (Å²) in [6, 6.07) is 16.4. The number of carbonyl (C=O) groups excluding carboxylic acids is 1. The van der Waals surface area contributed by atoms with E-state index in [0.29, 0.717) is 11.5 Å². The van der Waals surface area contributed by atoms with Crippen LogP contribution in [0.1, 0.15) is 26.3 Å². The Morgan fingerprint density at radius 1 is 1.12 bits per heavy atom. The molecule has 0 unspecified atom stereocenters. The van der Waals surface area contributed by atoms with Crippen molar-refractivity contribution in [1.29, 1.82) is 0 Å². The quantitative estimate of drug-likeness (QED) is 0.272. The highest BCUT2D eigenvalue weighted by Crippen LogP contribution is 2.27. The average molecular weight is 458 g/mol. The van der Waals surface area contributed by atoms with E-state index < -0.39 is 18.8 Å². The zero-order chi connectivity index (χ0) is 24.9. The fourth-order valence-corrected chi connectivity index (χ4v) is 3.23. The van der Waals surface area contributed by atoms with Gasteiger partial charge in [-0.2, -0.15) is 0 Å². The Labute approximate surface area is 198 Å². The number of amides is 1. The summed E-state index contributed by atoms with van der Waals surface area (Å²) in [6.07, 6.45) is 2.89. The van der Waals surface area contributed by atoms with E-state index in [4.69, 9.17) is 20.5 Å². The molecule has 9 heteroatoms. The lowest BCUT2D eigenvalue weighted by molar-refractivity contribution is 0.0636. The first-order chi connectivity index (χ1) is 16.1. The molecule has 4 aromatic rings. The number of anilines is 2. The molecule has 0 fully saturated rings. The number of aromatic nitrogens is 2. The van der Waals surface area contributed by atoms with Gasteiger partial charge in [0, 0.05) is 28.1 Å². The molecule has 0 atom stereocenters. The van der Waals surface area contributed by atoms with Crippen LogP contribution in [0.5, 0.6) is 0 Å². The fraction of sp³-hybridized carbons (Fsp3) is 0.160. The van der Waals surface area contributed by atoms with E-state index in [1.807, 2.05) is 30.3 Å². The lowest BCUT2D eigenvalue weighted by Crippen LogP contribution is -2.35. The summed E-state index contributed by atoms with van der Waals surface area (Å²) in [7, 11) is -1.64. The summed E-state index contributed by atoms with van der Waals surface area (Å²) >= 11 is 0. The summed E-state index contributed by atoms with van der Waals surface area (Å²) in [5.74, 6) is 0.467. The van der Waals surface area contributed by atoms with Crippen LogP contribution in [0.25, 0.3) is 27.9 Å². The van der Waals surface area contributed by atoms with Gasteiger partial charge in [0.25, 0.3) is 0 Å². The molecule has 8 nitrogen and oxygen atoms in total. The normalized spacial score (nSPS) is 10.9. The first kappa shape index (κ1) is 24.7. The van der Waals surface area contributed by atoms with Crippen molar-refractivity contribution in [3.8, 4) is 0 Å². The SMILES string of the molecule is C=Cc1cnc2c(N)nc3ccccc3c2c1.CC(C)(C)OC(=O)Nc1ccccc1B(O)O. The molecule has 174 valence electrons. The van der Waals surface area contributed by atoms with Crippen molar-refractivity contribution in [3.05, 3.63) is 72.9 Å². The molecule has 2 aromatic heterocycles. The Hall–Kier alpha value is -3.95. The minimum Gasteiger partial charge on any atom is -0.444 e. The number of hydrogen-bond acceptors (Lipinski definition) is 7. The highest BCUT2D eigenvalue weighted by Gasteiger charge is 2.20. The van der Waals surface area contributed by atoms with E-state index in [9.17, 15) is 4.79 Å². The number of benzene rings is 2. The third-order valence-electron chi connectivity index (χ3n) is 4.70. The van der Waals surface area contributed by atoms with Gasteiger partial charge in [0.15, 0.2) is 5.82 Å². The van der Waals surface area contributed by atoms with E-state index in [1.165, 1.54) is 6.07 Å². The van der Waals surface area contributed by atoms with Crippen LogP contribution >= 0.6 is 0 Å². The predicted octanol–water partition coefficient (Wildman–Crippen LogP) is 3.72. The maximum Gasteiger partial charge on any atom is 0.490 e. The van der Waals surface area contributed by atoms with E-state index in [0.717, 1.165) is 27.4 Å². The number of nitrogens with zero attached hydrogens (tertiary/aromatic N) is 2. The van der Waals surface area contributed by atoms with Crippen LogP contribution < -0.4 is 16.5 Å². The maximum atomic E-state index is 11.5. The summed E-state index contributed by atoms with van der Waals surface area (Å²) in [6.45, 7) is 9.00.